The first-order chi connectivity index (χ1) is 18.1. The summed E-state index contributed by atoms with van der Waals surface area (Å²) in [6.07, 6.45) is 5.95. The van der Waals surface area contributed by atoms with E-state index in [0.29, 0.717) is 31.6 Å². The maximum absolute atomic E-state index is 13.8. The van der Waals surface area contributed by atoms with E-state index in [2.05, 4.69) is 41.6 Å². The van der Waals surface area contributed by atoms with Crippen molar-refractivity contribution in [1.82, 2.24) is 24.6 Å². The second-order valence-electron chi connectivity index (χ2n) is 12.7. The summed E-state index contributed by atoms with van der Waals surface area (Å²) in [5, 5.41) is 12.7. The largest absolute Gasteiger partial charge is 0.348 e. The third-order valence-electron chi connectivity index (χ3n) is 8.63. The molecule has 3 fully saturated rings. The quantitative estimate of drug-likeness (QED) is 0.526. The normalized spacial score (nSPS) is 25.4. The molecule has 8 heteroatoms. The van der Waals surface area contributed by atoms with Crippen molar-refractivity contribution in [3.05, 3.63) is 41.0 Å². The van der Waals surface area contributed by atoms with Gasteiger partial charge in [0.15, 0.2) is 0 Å². The summed E-state index contributed by atoms with van der Waals surface area (Å²) in [7, 11) is 3.56. The second kappa shape index (κ2) is 10.8. The number of rotatable bonds is 9. The maximum atomic E-state index is 13.8. The Kier molecular flexibility index (Phi) is 7.63. The molecule has 3 aliphatic rings. The fourth-order valence-corrected chi connectivity index (χ4v) is 6.41. The number of hydrogen-bond acceptors (Lipinski definition) is 5. The van der Waals surface area contributed by atoms with Crippen LogP contribution in [-0.4, -0.2) is 70.1 Å². The Labute approximate surface area is 227 Å². The summed E-state index contributed by atoms with van der Waals surface area (Å²) < 4.78 is 2.40. The Hall–Kier alpha value is -2.74. The number of likely N-dealkylation sites (tertiary alicyclic amines) is 1. The van der Waals surface area contributed by atoms with E-state index in [4.69, 9.17) is 10.2 Å². The third kappa shape index (κ3) is 5.65. The number of nitrogens with one attached hydrogen (secondary N) is 1. The van der Waals surface area contributed by atoms with Crippen LogP contribution in [0, 0.1) is 31.6 Å². The average Bonchev–Trinajstić information content (AvgIpc) is 3.43. The minimum Gasteiger partial charge on any atom is -0.348 e. The van der Waals surface area contributed by atoms with E-state index < -0.39 is 0 Å². The van der Waals surface area contributed by atoms with Gasteiger partial charge in [0.2, 0.25) is 11.8 Å². The molecule has 1 saturated heterocycles. The summed E-state index contributed by atoms with van der Waals surface area (Å²) in [5.74, 6) is 3.69. The number of anilines is 1. The van der Waals surface area contributed by atoms with E-state index in [1.807, 2.05) is 19.1 Å². The molecule has 0 bridgehead atoms. The Morgan fingerprint density at radius 1 is 1.08 bits per heavy atom. The van der Waals surface area contributed by atoms with Crippen LogP contribution in [0.1, 0.15) is 86.6 Å². The van der Waals surface area contributed by atoms with Gasteiger partial charge >= 0.3 is 0 Å². The molecule has 0 spiro atoms. The molecule has 1 N–H and O–H groups in total. The lowest BCUT2D eigenvalue weighted by atomic mass is 9.71. The van der Waals surface area contributed by atoms with Gasteiger partial charge in [0, 0.05) is 50.7 Å². The molecule has 5 rings (SSSR count). The van der Waals surface area contributed by atoms with Crippen LogP contribution in [0.15, 0.2) is 18.2 Å². The summed E-state index contributed by atoms with van der Waals surface area (Å²) in [6.45, 7) is 10.2. The highest BCUT2D eigenvalue weighted by atomic mass is 16.2. The average molecular weight is 521 g/mol. The van der Waals surface area contributed by atoms with E-state index in [1.54, 1.807) is 19.0 Å². The number of benzene rings is 1. The summed E-state index contributed by atoms with van der Waals surface area (Å²) in [4.78, 5) is 30.1. The van der Waals surface area contributed by atoms with E-state index in [0.717, 1.165) is 47.6 Å². The highest BCUT2D eigenvalue weighted by Crippen LogP contribution is 2.48. The topological polar surface area (TPSA) is 83.4 Å². The fraction of sp³-hybridized carbons (Fsp3) is 0.667. The zero-order valence-corrected chi connectivity index (χ0v) is 23.9. The molecular formula is C30H44N6O2. The predicted octanol–water partition coefficient (Wildman–Crippen LogP) is 4.51. The molecular weight excluding hydrogens is 476 g/mol. The first-order valence-corrected chi connectivity index (χ1v) is 14.4. The molecule has 0 unspecified atom stereocenters. The van der Waals surface area contributed by atoms with E-state index in [9.17, 15) is 9.59 Å². The summed E-state index contributed by atoms with van der Waals surface area (Å²) in [5.41, 5.74) is 3.07. The maximum Gasteiger partial charge on any atom is 0.236 e. The first-order valence-electron chi connectivity index (χ1n) is 14.4. The zero-order valence-electron chi connectivity index (χ0n) is 23.9. The minimum atomic E-state index is -0.296. The SMILES string of the molecule is Cc1ccc(NC(=O)[C@H]2CN(CC(=O)N(C)C)C[C@@H]2c2nnc([C@H]3C[C@@H](CC(C)C)C3)n2C2CC2)c(C)c1. The van der Waals surface area contributed by atoms with Gasteiger partial charge in [0.1, 0.15) is 11.6 Å². The Morgan fingerprint density at radius 3 is 2.42 bits per heavy atom. The van der Waals surface area contributed by atoms with Crippen molar-refractivity contribution in [3.8, 4) is 0 Å². The molecule has 1 aliphatic heterocycles. The van der Waals surface area contributed by atoms with Gasteiger partial charge in [0.05, 0.1) is 12.5 Å². The number of hydrogen-bond donors (Lipinski definition) is 1. The van der Waals surface area contributed by atoms with Crippen LogP contribution >= 0.6 is 0 Å². The molecule has 38 heavy (non-hydrogen) atoms. The molecule has 206 valence electrons. The predicted molar refractivity (Wildman–Crippen MR) is 149 cm³/mol. The lowest BCUT2D eigenvalue weighted by molar-refractivity contribution is -0.130. The molecule has 0 radical (unpaired) electrons. The standard InChI is InChI=1S/C30H44N6O2/c1-18(2)11-21-13-22(14-21)28-32-33-29(36(28)23-8-9-23)24-15-35(17-27(37)34(5)6)16-25(24)30(38)31-26-10-7-19(3)12-20(26)4/h7,10,12,18,21-25H,8-9,11,13-17H2,1-6H3,(H,31,38)/t21-,22+,24-,25-/m0/s1. The Bertz CT molecular complexity index is 1180. The van der Waals surface area contributed by atoms with Gasteiger partial charge in [-0.3, -0.25) is 14.5 Å². The first kappa shape index (κ1) is 26.9. The van der Waals surface area contributed by atoms with Crippen molar-refractivity contribution in [2.24, 2.45) is 17.8 Å². The van der Waals surface area contributed by atoms with E-state index in [-0.39, 0.29) is 23.7 Å². The minimum absolute atomic E-state index is 0.00528. The Balaban J connectivity index is 1.40. The highest BCUT2D eigenvalue weighted by Gasteiger charge is 2.45. The van der Waals surface area contributed by atoms with Crippen LogP contribution in [-0.2, 0) is 9.59 Å². The lowest BCUT2D eigenvalue weighted by Crippen LogP contribution is -2.36. The van der Waals surface area contributed by atoms with Gasteiger partial charge in [-0.15, -0.1) is 10.2 Å². The number of nitrogens with zero attached hydrogens (tertiary/aromatic N) is 5. The van der Waals surface area contributed by atoms with Crippen LogP contribution in [0.4, 0.5) is 5.69 Å². The smallest absolute Gasteiger partial charge is 0.236 e. The molecule has 2 atom stereocenters. The zero-order chi connectivity index (χ0) is 27.1. The van der Waals surface area contributed by atoms with Gasteiger partial charge < -0.3 is 14.8 Å². The van der Waals surface area contributed by atoms with E-state index >= 15 is 0 Å². The molecule has 2 saturated carbocycles. The molecule has 1 aromatic heterocycles. The number of likely N-dealkylation sites (N-methyl/N-ethyl adjacent to an activating group) is 1. The van der Waals surface area contributed by atoms with Crippen LogP contribution in [0.5, 0.6) is 0 Å². The second-order valence-corrected chi connectivity index (χ2v) is 12.7. The number of carbonyl (C=O) groups excluding carboxylic acids is 2. The van der Waals surface area contributed by atoms with Crippen LogP contribution in [0.2, 0.25) is 0 Å². The fourth-order valence-electron chi connectivity index (χ4n) is 6.41. The molecule has 8 nitrogen and oxygen atoms in total. The van der Waals surface area contributed by atoms with Crippen molar-refractivity contribution in [3.63, 3.8) is 0 Å². The van der Waals surface area contributed by atoms with Gasteiger partial charge in [-0.25, -0.2) is 0 Å². The van der Waals surface area contributed by atoms with Crippen molar-refractivity contribution in [1.29, 1.82) is 0 Å². The van der Waals surface area contributed by atoms with Gasteiger partial charge in [0.25, 0.3) is 0 Å². The van der Waals surface area contributed by atoms with Gasteiger partial charge in [-0.1, -0.05) is 31.5 Å². The summed E-state index contributed by atoms with van der Waals surface area (Å²) >= 11 is 0. The van der Waals surface area contributed by atoms with Gasteiger partial charge in [-0.2, -0.15) is 0 Å². The van der Waals surface area contributed by atoms with Gasteiger partial charge in [-0.05, 0) is 69.4 Å². The molecule has 2 aromatic rings. The third-order valence-corrected chi connectivity index (χ3v) is 8.63. The Morgan fingerprint density at radius 2 is 1.79 bits per heavy atom. The monoisotopic (exact) mass is 520 g/mol. The van der Waals surface area contributed by atoms with Crippen LogP contribution < -0.4 is 5.32 Å². The number of aromatic nitrogens is 3. The van der Waals surface area contributed by atoms with Crippen molar-refractivity contribution in [2.75, 3.05) is 39.0 Å². The molecule has 2 amide bonds. The van der Waals surface area contributed by atoms with Crippen LogP contribution in [0.25, 0.3) is 0 Å². The summed E-state index contributed by atoms with van der Waals surface area (Å²) in [6, 6.07) is 6.54. The highest BCUT2D eigenvalue weighted by molar-refractivity contribution is 5.94. The molecule has 2 heterocycles. The number of amides is 2. The van der Waals surface area contributed by atoms with Crippen molar-refractivity contribution < 1.29 is 9.59 Å². The van der Waals surface area contributed by atoms with Crippen molar-refractivity contribution >= 4 is 17.5 Å². The molecule has 2 aliphatic carbocycles. The number of aryl methyl sites for hydroxylation is 2. The molecule has 1 aromatic carbocycles. The number of carbonyl (C=O) groups is 2. The van der Waals surface area contributed by atoms with E-state index in [1.165, 1.54) is 24.8 Å². The lowest BCUT2D eigenvalue weighted by Gasteiger charge is -2.36. The van der Waals surface area contributed by atoms with Crippen LogP contribution in [0.3, 0.4) is 0 Å². The van der Waals surface area contributed by atoms with Crippen molar-refractivity contribution in [2.45, 2.75) is 77.7 Å².